The first-order valence-corrected chi connectivity index (χ1v) is 8.80. The maximum absolute atomic E-state index is 11.8. The highest BCUT2D eigenvalue weighted by Crippen LogP contribution is 2.22. The minimum atomic E-state index is -0.466. The van der Waals surface area contributed by atoms with Gasteiger partial charge in [0.25, 0.3) is 11.8 Å². The highest BCUT2D eigenvalue weighted by molar-refractivity contribution is 9.10. The molecule has 0 saturated carbocycles. The quantitative estimate of drug-likeness (QED) is 0.704. The van der Waals surface area contributed by atoms with E-state index in [-0.39, 0.29) is 13.2 Å². The first-order valence-electron chi connectivity index (χ1n) is 8.01. The van der Waals surface area contributed by atoms with E-state index >= 15 is 0 Å². The van der Waals surface area contributed by atoms with Crippen LogP contribution in [0.4, 0.5) is 0 Å². The fourth-order valence-corrected chi connectivity index (χ4v) is 2.77. The number of hydrogen-bond acceptors (Lipinski definition) is 4. The number of rotatable bonds is 6. The topological polar surface area (TPSA) is 76.7 Å². The molecule has 0 aliphatic carbocycles. The standard InChI is InChI=1S/C19H21BrN2O4/c1-12-6-13(2)8-16(7-12)25-10-18(23)21-22-19(24)11-26-17-5-4-15(20)9-14(17)3/h4-9H,10-11H2,1-3H3,(H,21,23)(H,22,24). The number of amides is 2. The van der Waals surface area contributed by atoms with Gasteiger partial charge in [0.05, 0.1) is 0 Å². The molecule has 0 aromatic heterocycles. The Kier molecular flexibility index (Phi) is 7.03. The van der Waals surface area contributed by atoms with E-state index in [1.165, 1.54) is 0 Å². The number of halogens is 1. The zero-order chi connectivity index (χ0) is 19.1. The van der Waals surface area contributed by atoms with Crippen LogP contribution in [0.5, 0.6) is 11.5 Å². The Hall–Kier alpha value is -2.54. The minimum absolute atomic E-state index is 0.199. The molecule has 7 heteroatoms. The number of carbonyl (C=O) groups excluding carboxylic acids is 2. The monoisotopic (exact) mass is 420 g/mol. The van der Waals surface area contributed by atoms with Crippen LogP contribution in [-0.2, 0) is 9.59 Å². The molecule has 0 unspecified atom stereocenters. The lowest BCUT2D eigenvalue weighted by Crippen LogP contribution is -2.45. The zero-order valence-corrected chi connectivity index (χ0v) is 16.5. The van der Waals surface area contributed by atoms with E-state index in [9.17, 15) is 9.59 Å². The molecule has 138 valence electrons. The van der Waals surface area contributed by atoms with E-state index in [0.717, 1.165) is 21.2 Å². The van der Waals surface area contributed by atoms with Crippen molar-refractivity contribution < 1.29 is 19.1 Å². The molecular formula is C19H21BrN2O4. The van der Waals surface area contributed by atoms with Crippen molar-refractivity contribution in [3.63, 3.8) is 0 Å². The number of carbonyl (C=O) groups is 2. The number of aryl methyl sites for hydroxylation is 3. The summed E-state index contributed by atoms with van der Waals surface area (Å²) >= 11 is 3.36. The van der Waals surface area contributed by atoms with Gasteiger partial charge in [-0.1, -0.05) is 22.0 Å². The van der Waals surface area contributed by atoms with Crippen LogP contribution in [0.15, 0.2) is 40.9 Å². The molecule has 2 rings (SSSR count). The molecule has 26 heavy (non-hydrogen) atoms. The summed E-state index contributed by atoms with van der Waals surface area (Å²) in [6, 6.07) is 11.2. The molecule has 0 bridgehead atoms. The zero-order valence-electron chi connectivity index (χ0n) is 14.9. The molecule has 2 aromatic rings. The third kappa shape index (κ3) is 6.40. The van der Waals surface area contributed by atoms with Gasteiger partial charge >= 0.3 is 0 Å². The molecular weight excluding hydrogens is 400 g/mol. The fraction of sp³-hybridized carbons (Fsp3) is 0.263. The van der Waals surface area contributed by atoms with Crippen molar-refractivity contribution in [3.05, 3.63) is 57.6 Å². The Labute approximate surface area is 161 Å². The van der Waals surface area contributed by atoms with Gasteiger partial charge in [0.1, 0.15) is 11.5 Å². The molecule has 0 radical (unpaired) electrons. The predicted octanol–water partition coefficient (Wildman–Crippen LogP) is 2.98. The summed E-state index contributed by atoms with van der Waals surface area (Å²) < 4.78 is 11.8. The second kappa shape index (κ2) is 9.24. The van der Waals surface area contributed by atoms with Crippen molar-refractivity contribution in [2.75, 3.05) is 13.2 Å². The van der Waals surface area contributed by atoms with E-state index < -0.39 is 11.8 Å². The van der Waals surface area contributed by atoms with Crippen LogP contribution in [0.1, 0.15) is 16.7 Å². The normalized spacial score (nSPS) is 10.2. The lowest BCUT2D eigenvalue weighted by Gasteiger charge is -2.11. The minimum Gasteiger partial charge on any atom is -0.484 e. The van der Waals surface area contributed by atoms with E-state index in [1.807, 2.05) is 51.1 Å². The van der Waals surface area contributed by atoms with Crippen molar-refractivity contribution in [1.82, 2.24) is 10.9 Å². The molecule has 6 nitrogen and oxygen atoms in total. The molecule has 2 amide bonds. The highest BCUT2D eigenvalue weighted by atomic mass is 79.9. The Morgan fingerprint density at radius 3 is 2.04 bits per heavy atom. The average Bonchev–Trinajstić information content (AvgIpc) is 2.56. The van der Waals surface area contributed by atoms with Crippen LogP contribution < -0.4 is 20.3 Å². The first-order chi connectivity index (χ1) is 12.3. The third-order valence-electron chi connectivity index (χ3n) is 3.40. The maximum atomic E-state index is 11.8. The van der Waals surface area contributed by atoms with Gasteiger partial charge in [0, 0.05) is 4.47 Å². The number of benzene rings is 2. The lowest BCUT2D eigenvalue weighted by atomic mass is 10.1. The van der Waals surface area contributed by atoms with E-state index in [4.69, 9.17) is 9.47 Å². The molecule has 0 spiro atoms. The van der Waals surface area contributed by atoms with E-state index in [0.29, 0.717) is 11.5 Å². The first kappa shape index (κ1) is 19.8. The van der Waals surface area contributed by atoms with Crippen LogP contribution in [-0.4, -0.2) is 25.0 Å². The van der Waals surface area contributed by atoms with Crippen molar-refractivity contribution >= 4 is 27.7 Å². The number of nitrogens with one attached hydrogen (secondary N) is 2. The Morgan fingerprint density at radius 1 is 0.885 bits per heavy atom. The van der Waals surface area contributed by atoms with Gasteiger partial charge < -0.3 is 9.47 Å². The third-order valence-corrected chi connectivity index (χ3v) is 3.90. The molecule has 2 N–H and O–H groups in total. The van der Waals surface area contributed by atoms with E-state index in [2.05, 4.69) is 26.8 Å². The molecule has 0 fully saturated rings. The molecule has 0 heterocycles. The number of hydrazine groups is 1. The molecule has 0 atom stereocenters. The van der Waals surface area contributed by atoms with Crippen molar-refractivity contribution in [2.45, 2.75) is 20.8 Å². The smallest absolute Gasteiger partial charge is 0.276 e. The van der Waals surface area contributed by atoms with Crippen molar-refractivity contribution in [1.29, 1.82) is 0 Å². The predicted molar refractivity (Wildman–Crippen MR) is 102 cm³/mol. The number of hydrogen-bond donors (Lipinski definition) is 2. The molecule has 0 aliphatic heterocycles. The molecule has 0 saturated heterocycles. The summed E-state index contributed by atoms with van der Waals surface area (Å²) in [5.74, 6) is 0.287. The molecule has 0 aliphatic rings. The van der Waals surface area contributed by atoms with Gasteiger partial charge in [-0.25, -0.2) is 0 Å². The van der Waals surface area contributed by atoms with Crippen LogP contribution in [0.3, 0.4) is 0 Å². The van der Waals surface area contributed by atoms with Crippen LogP contribution in [0.2, 0.25) is 0 Å². The average molecular weight is 421 g/mol. The Morgan fingerprint density at radius 2 is 1.46 bits per heavy atom. The highest BCUT2D eigenvalue weighted by Gasteiger charge is 2.08. The largest absolute Gasteiger partial charge is 0.484 e. The summed E-state index contributed by atoms with van der Waals surface area (Å²) in [5, 5.41) is 0. The number of ether oxygens (including phenoxy) is 2. The fourth-order valence-electron chi connectivity index (χ4n) is 2.29. The maximum Gasteiger partial charge on any atom is 0.276 e. The van der Waals surface area contributed by atoms with Crippen molar-refractivity contribution in [3.8, 4) is 11.5 Å². The van der Waals surface area contributed by atoms with Gasteiger partial charge in [-0.05, 0) is 67.8 Å². The van der Waals surface area contributed by atoms with Gasteiger partial charge in [0.2, 0.25) is 0 Å². The summed E-state index contributed by atoms with van der Waals surface area (Å²) in [5.41, 5.74) is 7.58. The van der Waals surface area contributed by atoms with Crippen LogP contribution in [0, 0.1) is 20.8 Å². The van der Waals surface area contributed by atoms with Gasteiger partial charge in [0.15, 0.2) is 13.2 Å². The summed E-state index contributed by atoms with van der Waals surface area (Å²) in [6.45, 7) is 5.38. The Bertz CT molecular complexity index is 788. The second-order valence-electron chi connectivity index (χ2n) is 5.91. The molecule has 2 aromatic carbocycles. The van der Waals surface area contributed by atoms with E-state index in [1.54, 1.807) is 6.07 Å². The van der Waals surface area contributed by atoms with Gasteiger partial charge in [-0.15, -0.1) is 0 Å². The summed E-state index contributed by atoms with van der Waals surface area (Å²) in [7, 11) is 0. The summed E-state index contributed by atoms with van der Waals surface area (Å²) in [6.07, 6.45) is 0. The lowest BCUT2D eigenvalue weighted by molar-refractivity contribution is -0.131. The van der Waals surface area contributed by atoms with Crippen LogP contribution in [0.25, 0.3) is 0 Å². The van der Waals surface area contributed by atoms with Crippen molar-refractivity contribution in [2.24, 2.45) is 0 Å². The Balaban J connectivity index is 1.72. The summed E-state index contributed by atoms with van der Waals surface area (Å²) in [4.78, 5) is 23.5. The van der Waals surface area contributed by atoms with Crippen LogP contribution >= 0.6 is 15.9 Å². The second-order valence-corrected chi connectivity index (χ2v) is 6.82. The SMILES string of the molecule is Cc1cc(C)cc(OCC(=O)NNC(=O)COc2ccc(Br)cc2C)c1. The van der Waals surface area contributed by atoms with Gasteiger partial charge in [-0.3, -0.25) is 20.4 Å². The van der Waals surface area contributed by atoms with Gasteiger partial charge in [-0.2, -0.15) is 0 Å².